The number of ketones is 1. The predicted molar refractivity (Wildman–Crippen MR) is 135 cm³/mol. The average molecular weight is 508 g/mol. The summed E-state index contributed by atoms with van der Waals surface area (Å²) in [5.74, 6) is -0.430. The van der Waals surface area contributed by atoms with Gasteiger partial charge in [0, 0.05) is 41.6 Å². The Morgan fingerprint density at radius 1 is 1.29 bits per heavy atom. The fraction of sp³-hybridized carbons (Fsp3) is 0.480. The molecule has 2 fully saturated rings. The Bertz CT molecular complexity index is 1040. The molecule has 1 aliphatic carbocycles. The highest BCUT2D eigenvalue weighted by Crippen LogP contribution is 2.39. The van der Waals surface area contributed by atoms with Crippen LogP contribution in [0.5, 0.6) is 0 Å². The van der Waals surface area contributed by atoms with Gasteiger partial charge in [-0.25, -0.2) is 4.39 Å². The summed E-state index contributed by atoms with van der Waals surface area (Å²) in [7, 11) is 0. The quantitative estimate of drug-likeness (QED) is 0.400. The summed E-state index contributed by atoms with van der Waals surface area (Å²) >= 11 is 4.76. The molecule has 0 amide bonds. The van der Waals surface area contributed by atoms with E-state index in [1.165, 1.54) is 6.07 Å². The van der Waals surface area contributed by atoms with Gasteiger partial charge in [-0.05, 0) is 37.8 Å². The SMILES string of the molecule is CCOC(=O)CCn1cc(/C=C2\CN(C(C(=O)C3CC3)c3ccccc3F)CCC2S)cn1.Cl. The zero-order valence-electron chi connectivity index (χ0n) is 19.2. The number of carbonyl (C=O) groups is 2. The number of carbonyl (C=O) groups excluding carboxylic acids is 2. The number of likely N-dealkylation sites (tertiary alicyclic amines) is 1. The minimum atomic E-state index is -0.574. The van der Waals surface area contributed by atoms with Crippen molar-refractivity contribution in [2.45, 2.75) is 50.4 Å². The van der Waals surface area contributed by atoms with Gasteiger partial charge in [-0.3, -0.25) is 19.2 Å². The molecule has 4 rings (SSSR count). The van der Waals surface area contributed by atoms with Crippen LogP contribution in [0.1, 0.15) is 49.8 Å². The summed E-state index contributed by atoms with van der Waals surface area (Å²) in [6, 6.07) is 6.02. The Balaban J connectivity index is 0.00000324. The molecule has 0 radical (unpaired) electrons. The van der Waals surface area contributed by atoms with Gasteiger partial charge in [0.15, 0.2) is 5.78 Å². The second kappa shape index (κ2) is 12.0. The van der Waals surface area contributed by atoms with Crippen molar-refractivity contribution in [2.75, 3.05) is 19.7 Å². The summed E-state index contributed by atoms with van der Waals surface area (Å²) in [6.07, 6.45) is 8.49. The first kappa shape index (κ1) is 26.4. The number of nitrogens with zero attached hydrogens (tertiary/aromatic N) is 3. The van der Waals surface area contributed by atoms with E-state index in [-0.39, 0.29) is 47.6 Å². The third kappa shape index (κ3) is 6.49. The molecule has 6 nitrogen and oxygen atoms in total. The molecule has 2 atom stereocenters. The standard InChI is InChI=1S/C25H30FN3O3S.ClH/c1-2-32-23(30)10-12-29-15-17(14-27-29)13-19-16-28(11-9-22(19)33)24(25(31)18-7-8-18)20-5-3-4-6-21(20)26;/h3-6,13-15,18,22,24,33H,2,7-12,16H2,1H3;1H/b19-13+;. The second-order valence-electron chi connectivity index (χ2n) is 8.69. The van der Waals surface area contributed by atoms with Crippen LogP contribution in [0, 0.1) is 11.7 Å². The molecular weight excluding hydrogens is 477 g/mol. The lowest BCUT2D eigenvalue weighted by Crippen LogP contribution is -2.42. The summed E-state index contributed by atoms with van der Waals surface area (Å²) in [5.41, 5.74) is 2.43. The van der Waals surface area contributed by atoms with Gasteiger partial charge in [0.1, 0.15) is 5.82 Å². The average Bonchev–Trinajstić information content (AvgIpc) is 3.56. The number of piperidine rings is 1. The number of hydrogen-bond acceptors (Lipinski definition) is 6. The van der Waals surface area contributed by atoms with Crippen molar-refractivity contribution in [1.82, 2.24) is 14.7 Å². The minimum absolute atomic E-state index is 0. The van der Waals surface area contributed by atoms with Crippen molar-refractivity contribution in [1.29, 1.82) is 0 Å². The number of esters is 1. The van der Waals surface area contributed by atoms with Gasteiger partial charge in [0.25, 0.3) is 0 Å². The topological polar surface area (TPSA) is 64.4 Å². The van der Waals surface area contributed by atoms with Crippen LogP contribution in [-0.2, 0) is 20.9 Å². The summed E-state index contributed by atoms with van der Waals surface area (Å²) in [4.78, 5) is 26.9. The van der Waals surface area contributed by atoms with Crippen LogP contribution < -0.4 is 0 Å². The number of Topliss-reactive ketones (excluding diaryl/α,β-unsaturated/α-hetero) is 1. The number of benzene rings is 1. The van der Waals surface area contributed by atoms with Gasteiger partial charge in [0.05, 0.1) is 31.8 Å². The summed E-state index contributed by atoms with van der Waals surface area (Å²) in [5, 5.41) is 4.39. The van der Waals surface area contributed by atoms with Crippen molar-refractivity contribution >= 4 is 42.9 Å². The van der Waals surface area contributed by atoms with Gasteiger partial charge >= 0.3 is 5.97 Å². The highest BCUT2D eigenvalue weighted by Gasteiger charge is 2.40. The lowest BCUT2D eigenvalue weighted by Gasteiger charge is -2.37. The fourth-order valence-corrected chi connectivity index (χ4v) is 4.57. The van der Waals surface area contributed by atoms with Crippen molar-refractivity contribution in [2.24, 2.45) is 5.92 Å². The molecule has 34 heavy (non-hydrogen) atoms. The molecule has 2 heterocycles. The number of hydrogen-bond donors (Lipinski definition) is 1. The molecule has 1 aromatic carbocycles. The number of ether oxygens (including phenoxy) is 1. The number of halogens is 2. The Labute approximate surface area is 211 Å². The maximum atomic E-state index is 14.7. The Hall–Kier alpha value is -2.16. The second-order valence-corrected chi connectivity index (χ2v) is 9.31. The molecule has 9 heteroatoms. The van der Waals surface area contributed by atoms with Crippen molar-refractivity contribution < 1.29 is 18.7 Å². The highest BCUT2D eigenvalue weighted by molar-refractivity contribution is 7.81. The van der Waals surface area contributed by atoms with E-state index in [1.807, 2.05) is 12.3 Å². The van der Waals surface area contributed by atoms with E-state index < -0.39 is 6.04 Å². The fourth-order valence-electron chi connectivity index (χ4n) is 4.30. The molecule has 184 valence electrons. The largest absolute Gasteiger partial charge is 0.466 e. The first-order valence-corrected chi connectivity index (χ1v) is 12.1. The maximum Gasteiger partial charge on any atom is 0.307 e. The van der Waals surface area contributed by atoms with Crippen LogP contribution in [0.4, 0.5) is 4.39 Å². The van der Waals surface area contributed by atoms with E-state index in [1.54, 1.807) is 36.0 Å². The molecule has 2 aliphatic rings. The number of aryl methyl sites for hydroxylation is 1. The minimum Gasteiger partial charge on any atom is -0.466 e. The predicted octanol–water partition coefficient (Wildman–Crippen LogP) is 4.51. The maximum absolute atomic E-state index is 14.7. The Morgan fingerprint density at radius 3 is 2.76 bits per heavy atom. The molecule has 0 bridgehead atoms. The molecule has 1 aliphatic heterocycles. The van der Waals surface area contributed by atoms with E-state index in [4.69, 9.17) is 17.4 Å². The van der Waals surface area contributed by atoms with Crippen molar-refractivity contribution in [3.05, 3.63) is 59.2 Å². The first-order chi connectivity index (χ1) is 16.0. The van der Waals surface area contributed by atoms with Crippen LogP contribution in [0.15, 0.2) is 42.2 Å². The van der Waals surface area contributed by atoms with Gasteiger partial charge in [0.2, 0.25) is 0 Å². The van der Waals surface area contributed by atoms with E-state index >= 15 is 0 Å². The van der Waals surface area contributed by atoms with Crippen LogP contribution in [0.3, 0.4) is 0 Å². The lowest BCUT2D eigenvalue weighted by atomic mass is 9.93. The van der Waals surface area contributed by atoms with E-state index in [2.05, 4.69) is 10.00 Å². The molecule has 1 saturated heterocycles. The molecule has 1 saturated carbocycles. The molecule has 1 aromatic heterocycles. The highest BCUT2D eigenvalue weighted by atomic mass is 35.5. The normalized spacial score (nSPS) is 20.6. The zero-order valence-corrected chi connectivity index (χ0v) is 20.9. The first-order valence-electron chi connectivity index (χ1n) is 11.5. The van der Waals surface area contributed by atoms with Gasteiger partial charge in [-0.2, -0.15) is 17.7 Å². The van der Waals surface area contributed by atoms with Crippen LogP contribution in [0.2, 0.25) is 0 Å². The molecule has 2 aromatic rings. The summed E-state index contributed by atoms with van der Waals surface area (Å²) in [6.45, 7) is 3.82. The molecule has 0 spiro atoms. The van der Waals surface area contributed by atoms with Crippen molar-refractivity contribution in [3.63, 3.8) is 0 Å². The Kier molecular flexibility index (Phi) is 9.33. The van der Waals surface area contributed by atoms with Crippen molar-refractivity contribution in [3.8, 4) is 0 Å². The van der Waals surface area contributed by atoms with E-state index in [0.29, 0.717) is 31.8 Å². The van der Waals surface area contributed by atoms with E-state index in [0.717, 1.165) is 30.4 Å². The zero-order chi connectivity index (χ0) is 23.4. The van der Waals surface area contributed by atoms with E-state index in [9.17, 15) is 14.0 Å². The van der Waals surface area contributed by atoms with Crippen LogP contribution in [-0.4, -0.2) is 51.4 Å². The smallest absolute Gasteiger partial charge is 0.307 e. The molecular formula is C25H31ClFN3O3S. The molecule has 2 unspecified atom stereocenters. The summed E-state index contributed by atoms with van der Waals surface area (Å²) < 4.78 is 21.4. The van der Waals surface area contributed by atoms with Gasteiger partial charge in [-0.1, -0.05) is 24.3 Å². The number of rotatable bonds is 9. The Morgan fingerprint density at radius 2 is 2.06 bits per heavy atom. The monoisotopic (exact) mass is 507 g/mol. The third-order valence-corrected chi connectivity index (χ3v) is 6.76. The molecule has 0 N–H and O–H groups in total. The van der Waals surface area contributed by atoms with Crippen LogP contribution >= 0.6 is 25.0 Å². The van der Waals surface area contributed by atoms with Gasteiger partial charge in [-0.15, -0.1) is 12.4 Å². The number of aromatic nitrogens is 2. The lowest BCUT2D eigenvalue weighted by molar-refractivity contribution is -0.143. The number of thiol groups is 1. The third-order valence-electron chi connectivity index (χ3n) is 6.17. The van der Waals surface area contributed by atoms with Crippen LogP contribution in [0.25, 0.3) is 6.08 Å². The van der Waals surface area contributed by atoms with Gasteiger partial charge < -0.3 is 4.74 Å².